The van der Waals surface area contributed by atoms with E-state index in [1.54, 1.807) is 25.3 Å². The summed E-state index contributed by atoms with van der Waals surface area (Å²) >= 11 is 0. The molecular weight excluding hydrogens is 246 g/mol. The molecule has 0 aliphatic carbocycles. The fourth-order valence-electron chi connectivity index (χ4n) is 1.82. The molecule has 1 N–H and O–H groups in total. The minimum Gasteiger partial charge on any atom is -0.444 e. The monoisotopic (exact) mass is 261 g/mol. The Hall–Kier alpha value is -2.21. The van der Waals surface area contributed by atoms with Gasteiger partial charge in [0.05, 0.1) is 10.6 Å². The van der Waals surface area contributed by atoms with Crippen molar-refractivity contribution in [2.75, 3.05) is 6.54 Å². The highest BCUT2D eigenvalue weighted by molar-refractivity contribution is 5.64. The molecule has 1 aromatic heterocycles. The summed E-state index contributed by atoms with van der Waals surface area (Å²) in [5.74, 6) is 0.411. The molecule has 0 fully saturated rings. The number of nitro groups is 1. The number of nitrogens with zero attached hydrogens (tertiary/aromatic N) is 2. The zero-order chi connectivity index (χ0) is 13.8. The Balaban J connectivity index is 2.34. The second-order valence-electron chi connectivity index (χ2n) is 4.13. The second kappa shape index (κ2) is 5.62. The van der Waals surface area contributed by atoms with Gasteiger partial charge in [0.15, 0.2) is 0 Å². The first-order valence-corrected chi connectivity index (χ1v) is 6.03. The molecule has 19 heavy (non-hydrogen) atoms. The minimum atomic E-state index is -0.401. The maximum Gasteiger partial charge on any atom is 0.273 e. The van der Waals surface area contributed by atoms with Gasteiger partial charge < -0.3 is 9.73 Å². The molecule has 0 spiro atoms. The highest BCUT2D eigenvalue weighted by Gasteiger charge is 2.17. The van der Waals surface area contributed by atoms with Crippen LogP contribution in [-0.4, -0.2) is 16.5 Å². The summed E-state index contributed by atoms with van der Waals surface area (Å²) in [5, 5.41) is 14.0. The van der Waals surface area contributed by atoms with Crippen molar-refractivity contribution in [2.24, 2.45) is 0 Å². The zero-order valence-corrected chi connectivity index (χ0v) is 10.8. The van der Waals surface area contributed by atoms with Crippen LogP contribution in [0.2, 0.25) is 0 Å². The van der Waals surface area contributed by atoms with Crippen LogP contribution in [0, 0.1) is 17.0 Å². The number of aromatic nitrogens is 1. The van der Waals surface area contributed by atoms with Gasteiger partial charge in [-0.2, -0.15) is 0 Å². The SMILES string of the molecule is CCNCc1coc(-c2cccc([N+](=O)[O-])c2C)n1. The maximum atomic E-state index is 10.9. The van der Waals surface area contributed by atoms with Crippen molar-refractivity contribution in [3.8, 4) is 11.5 Å². The fourth-order valence-corrected chi connectivity index (χ4v) is 1.82. The van der Waals surface area contributed by atoms with E-state index in [4.69, 9.17) is 4.42 Å². The molecule has 0 amide bonds. The molecule has 0 saturated carbocycles. The average molecular weight is 261 g/mol. The van der Waals surface area contributed by atoms with Crippen LogP contribution in [0.1, 0.15) is 18.2 Å². The number of oxazole rings is 1. The van der Waals surface area contributed by atoms with E-state index in [0.29, 0.717) is 23.6 Å². The summed E-state index contributed by atoms with van der Waals surface area (Å²) in [6, 6.07) is 4.88. The average Bonchev–Trinajstić information content (AvgIpc) is 2.84. The van der Waals surface area contributed by atoms with Crippen molar-refractivity contribution in [2.45, 2.75) is 20.4 Å². The standard InChI is InChI=1S/C13H15N3O3/c1-3-14-7-10-8-19-13(15-10)11-5-4-6-12(9(11)2)16(17)18/h4-6,8,14H,3,7H2,1-2H3. The number of nitrogens with one attached hydrogen (secondary N) is 1. The Morgan fingerprint density at radius 3 is 2.95 bits per heavy atom. The molecule has 1 heterocycles. The van der Waals surface area contributed by atoms with E-state index in [-0.39, 0.29) is 5.69 Å². The number of hydrogen-bond acceptors (Lipinski definition) is 5. The van der Waals surface area contributed by atoms with Gasteiger partial charge >= 0.3 is 0 Å². The lowest BCUT2D eigenvalue weighted by molar-refractivity contribution is -0.385. The molecule has 2 aromatic rings. The van der Waals surface area contributed by atoms with E-state index in [2.05, 4.69) is 10.3 Å². The quantitative estimate of drug-likeness (QED) is 0.661. The van der Waals surface area contributed by atoms with Gasteiger partial charge in [-0.15, -0.1) is 0 Å². The molecule has 0 saturated heterocycles. The Kier molecular flexibility index (Phi) is 3.91. The first-order valence-electron chi connectivity index (χ1n) is 6.03. The van der Waals surface area contributed by atoms with E-state index in [9.17, 15) is 10.1 Å². The summed E-state index contributed by atoms with van der Waals surface area (Å²) in [6.07, 6.45) is 1.57. The Morgan fingerprint density at radius 1 is 1.47 bits per heavy atom. The van der Waals surface area contributed by atoms with Crippen molar-refractivity contribution in [3.05, 3.63) is 45.8 Å². The van der Waals surface area contributed by atoms with E-state index in [1.807, 2.05) is 6.92 Å². The molecule has 0 unspecified atom stereocenters. The molecule has 100 valence electrons. The summed E-state index contributed by atoms with van der Waals surface area (Å²) in [6.45, 7) is 5.17. The number of rotatable bonds is 5. The van der Waals surface area contributed by atoms with Crippen molar-refractivity contribution in [3.63, 3.8) is 0 Å². The normalized spacial score (nSPS) is 10.6. The number of hydrogen-bond donors (Lipinski definition) is 1. The van der Waals surface area contributed by atoms with Crippen molar-refractivity contribution >= 4 is 5.69 Å². The number of nitro benzene ring substituents is 1. The molecule has 0 radical (unpaired) electrons. The van der Waals surface area contributed by atoms with Crippen LogP contribution < -0.4 is 5.32 Å². The predicted molar refractivity (Wildman–Crippen MR) is 70.7 cm³/mol. The van der Waals surface area contributed by atoms with Gasteiger partial charge in [0, 0.05) is 23.7 Å². The third-order valence-electron chi connectivity index (χ3n) is 2.84. The predicted octanol–water partition coefficient (Wildman–Crippen LogP) is 2.67. The van der Waals surface area contributed by atoms with Crippen LogP contribution in [0.5, 0.6) is 0 Å². The molecule has 6 heteroatoms. The van der Waals surface area contributed by atoms with Crippen molar-refractivity contribution < 1.29 is 9.34 Å². The summed E-state index contributed by atoms with van der Waals surface area (Å²) in [4.78, 5) is 14.8. The van der Waals surface area contributed by atoms with Crippen molar-refractivity contribution in [1.82, 2.24) is 10.3 Å². The summed E-state index contributed by atoms with van der Waals surface area (Å²) < 4.78 is 5.39. The first-order chi connectivity index (χ1) is 9.13. The molecule has 0 bridgehead atoms. The lowest BCUT2D eigenvalue weighted by Crippen LogP contribution is -2.11. The smallest absolute Gasteiger partial charge is 0.273 e. The van der Waals surface area contributed by atoms with Crippen LogP contribution in [0.4, 0.5) is 5.69 Å². The highest BCUT2D eigenvalue weighted by atomic mass is 16.6. The fraction of sp³-hybridized carbons (Fsp3) is 0.308. The van der Waals surface area contributed by atoms with Crippen LogP contribution in [0.15, 0.2) is 28.9 Å². The molecule has 0 atom stereocenters. The van der Waals surface area contributed by atoms with Gasteiger partial charge in [-0.25, -0.2) is 4.98 Å². The van der Waals surface area contributed by atoms with Gasteiger partial charge in [-0.1, -0.05) is 13.0 Å². The summed E-state index contributed by atoms with van der Waals surface area (Å²) in [5.41, 5.74) is 2.06. The Labute approximate surface area is 110 Å². The molecule has 0 aliphatic rings. The number of benzene rings is 1. The van der Waals surface area contributed by atoms with Crippen LogP contribution in [0.25, 0.3) is 11.5 Å². The van der Waals surface area contributed by atoms with Crippen LogP contribution in [0.3, 0.4) is 0 Å². The summed E-state index contributed by atoms with van der Waals surface area (Å²) in [7, 11) is 0. The van der Waals surface area contributed by atoms with Crippen LogP contribution in [-0.2, 0) is 6.54 Å². The van der Waals surface area contributed by atoms with Gasteiger partial charge in [-0.3, -0.25) is 10.1 Å². The first kappa shape index (κ1) is 13.2. The van der Waals surface area contributed by atoms with E-state index >= 15 is 0 Å². The van der Waals surface area contributed by atoms with E-state index in [1.165, 1.54) is 6.07 Å². The van der Waals surface area contributed by atoms with Gasteiger partial charge in [-0.05, 0) is 19.5 Å². The lowest BCUT2D eigenvalue weighted by atomic mass is 10.1. The Bertz CT molecular complexity index is 593. The molecular formula is C13H15N3O3. The Morgan fingerprint density at radius 2 is 2.26 bits per heavy atom. The largest absolute Gasteiger partial charge is 0.444 e. The third-order valence-corrected chi connectivity index (χ3v) is 2.84. The molecule has 0 aliphatic heterocycles. The third kappa shape index (κ3) is 2.79. The molecule has 6 nitrogen and oxygen atoms in total. The van der Waals surface area contributed by atoms with Gasteiger partial charge in [0.1, 0.15) is 6.26 Å². The second-order valence-corrected chi connectivity index (χ2v) is 4.13. The topological polar surface area (TPSA) is 81.2 Å². The van der Waals surface area contributed by atoms with Gasteiger partial charge in [0.25, 0.3) is 5.69 Å². The lowest BCUT2D eigenvalue weighted by Gasteiger charge is -2.01. The van der Waals surface area contributed by atoms with E-state index < -0.39 is 4.92 Å². The van der Waals surface area contributed by atoms with E-state index in [0.717, 1.165) is 12.2 Å². The highest BCUT2D eigenvalue weighted by Crippen LogP contribution is 2.29. The minimum absolute atomic E-state index is 0.0731. The van der Waals surface area contributed by atoms with Crippen LogP contribution >= 0.6 is 0 Å². The van der Waals surface area contributed by atoms with Crippen molar-refractivity contribution in [1.29, 1.82) is 0 Å². The maximum absolute atomic E-state index is 10.9. The molecule has 2 rings (SSSR count). The molecule has 1 aromatic carbocycles. The van der Waals surface area contributed by atoms with Gasteiger partial charge in [0.2, 0.25) is 5.89 Å². The zero-order valence-electron chi connectivity index (χ0n) is 10.8.